The lowest BCUT2D eigenvalue weighted by Crippen LogP contribution is -2.15. The van der Waals surface area contributed by atoms with Crippen molar-refractivity contribution in [2.24, 2.45) is 0 Å². The summed E-state index contributed by atoms with van der Waals surface area (Å²) in [5.41, 5.74) is 10.2. The Morgan fingerprint density at radius 2 is 0.791 bits per heavy atom. The summed E-state index contributed by atoms with van der Waals surface area (Å²) in [4.78, 5) is 8.43. The number of hydrogen-bond acceptors (Lipinski definition) is 2. The van der Waals surface area contributed by atoms with E-state index in [-0.39, 0.29) is 5.41 Å². The van der Waals surface area contributed by atoms with Gasteiger partial charge in [-0.1, -0.05) is 26.0 Å². The van der Waals surface area contributed by atoms with Gasteiger partial charge in [0.2, 0.25) is 0 Å². The highest BCUT2D eigenvalue weighted by Gasteiger charge is 2.35. The molecule has 0 N–H and O–H groups in total. The molecule has 1 aliphatic carbocycles. The maximum atomic E-state index is 14.2. The fourth-order valence-electron chi connectivity index (χ4n) is 6.73. The van der Waals surface area contributed by atoms with Crippen molar-refractivity contribution in [1.82, 2.24) is 9.97 Å². The monoisotopic (exact) mass is 560 g/mol. The Labute approximate surface area is 248 Å². The fourth-order valence-corrected chi connectivity index (χ4v) is 6.73. The molecule has 8 rings (SSSR count). The van der Waals surface area contributed by atoms with E-state index in [1.807, 2.05) is 55.1 Å². The second-order valence-corrected chi connectivity index (χ2v) is 11.9. The first kappa shape index (κ1) is 25.5. The number of aromatic nitrogens is 2. The highest BCUT2D eigenvalue weighted by Crippen LogP contribution is 2.51. The molecule has 2 aromatic heterocycles. The first-order valence-corrected chi connectivity index (χ1v) is 14.3. The summed E-state index contributed by atoms with van der Waals surface area (Å²) in [5.74, 6) is -1.15. The van der Waals surface area contributed by atoms with Crippen molar-refractivity contribution in [3.8, 4) is 44.5 Å². The molecule has 0 radical (unpaired) electrons. The quantitative estimate of drug-likeness (QED) is 0.200. The van der Waals surface area contributed by atoms with Crippen LogP contribution < -0.4 is 0 Å². The van der Waals surface area contributed by atoms with E-state index in [0.29, 0.717) is 5.56 Å². The van der Waals surface area contributed by atoms with Crippen LogP contribution in [0.2, 0.25) is 0 Å². The third-order valence-corrected chi connectivity index (χ3v) is 8.87. The number of benzene rings is 5. The third-order valence-electron chi connectivity index (χ3n) is 8.87. The van der Waals surface area contributed by atoms with Gasteiger partial charge in [0.25, 0.3) is 0 Å². The average molecular weight is 561 g/mol. The van der Waals surface area contributed by atoms with Crippen LogP contribution in [0.1, 0.15) is 25.0 Å². The van der Waals surface area contributed by atoms with Gasteiger partial charge in [-0.05, 0) is 156 Å². The number of halogens is 2. The first-order valence-electron chi connectivity index (χ1n) is 14.3. The topological polar surface area (TPSA) is 25.8 Å². The van der Waals surface area contributed by atoms with Crippen molar-refractivity contribution in [1.29, 1.82) is 0 Å². The van der Waals surface area contributed by atoms with E-state index in [9.17, 15) is 8.78 Å². The fraction of sp³-hybridized carbons (Fsp3) is 0.0769. The molecular formula is C39H26F2N2. The van der Waals surface area contributed by atoms with Crippen molar-refractivity contribution in [3.63, 3.8) is 0 Å². The van der Waals surface area contributed by atoms with Crippen LogP contribution in [0, 0.1) is 11.6 Å². The molecule has 2 nitrogen and oxygen atoms in total. The lowest BCUT2D eigenvalue weighted by molar-refractivity contribution is 0.584. The van der Waals surface area contributed by atoms with E-state index in [0.717, 1.165) is 50.4 Å². The molecule has 0 bridgehead atoms. The standard InChI is InChI=1S/C39H26F2N2/c1-39(2)35-20-30(29-16-27(23-5-9-42-10-6-23)15-28(17-29)24-7-11-43-12-8-24)13-25-3-4-26-14-31(21-36(39)38(26)37(25)35)32-18-33(40)22-34(41)19-32/h3-22H,1-2H3. The number of pyridine rings is 2. The van der Waals surface area contributed by atoms with Gasteiger partial charge in [0, 0.05) is 36.3 Å². The Morgan fingerprint density at radius 3 is 1.23 bits per heavy atom. The minimum atomic E-state index is -0.575. The highest BCUT2D eigenvalue weighted by molar-refractivity contribution is 6.16. The van der Waals surface area contributed by atoms with Crippen LogP contribution in [-0.4, -0.2) is 9.97 Å². The summed E-state index contributed by atoms with van der Waals surface area (Å²) in [7, 11) is 0. The summed E-state index contributed by atoms with van der Waals surface area (Å²) >= 11 is 0. The van der Waals surface area contributed by atoms with E-state index in [2.05, 4.69) is 72.3 Å². The van der Waals surface area contributed by atoms with Crippen LogP contribution in [0.4, 0.5) is 8.78 Å². The Balaban J connectivity index is 1.33. The molecule has 0 fully saturated rings. The summed E-state index contributed by atoms with van der Waals surface area (Å²) in [6, 6.07) is 31.6. The second-order valence-electron chi connectivity index (χ2n) is 11.9. The number of nitrogens with zero attached hydrogens (tertiary/aromatic N) is 2. The average Bonchev–Trinajstić information content (AvgIpc) is 3.26. The first-order chi connectivity index (χ1) is 20.8. The summed E-state index contributed by atoms with van der Waals surface area (Å²) in [6.07, 6.45) is 7.29. The molecule has 0 saturated carbocycles. The van der Waals surface area contributed by atoms with E-state index >= 15 is 0 Å². The maximum Gasteiger partial charge on any atom is 0.126 e. The van der Waals surface area contributed by atoms with Crippen LogP contribution in [0.15, 0.2) is 122 Å². The zero-order chi connectivity index (χ0) is 29.3. The molecule has 1 aliphatic rings. The van der Waals surface area contributed by atoms with E-state index in [1.54, 1.807) is 0 Å². The Morgan fingerprint density at radius 1 is 0.419 bits per heavy atom. The van der Waals surface area contributed by atoms with Gasteiger partial charge in [-0.25, -0.2) is 8.78 Å². The van der Waals surface area contributed by atoms with Gasteiger partial charge in [0.1, 0.15) is 11.6 Å². The molecule has 5 aromatic carbocycles. The zero-order valence-corrected chi connectivity index (χ0v) is 23.7. The van der Waals surface area contributed by atoms with Gasteiger partial charge in [-0.15, -0.1) is 0 Å². The van der Waals surface area contributed by atoms with Crippen molar-refractivity contribution >= 4 is 21.5 Å². The van der Waals surface area contributed by atoms with Gasteiger partial charge in [-0.3, -0.25) is 9.97 Å². The van der Waals surface area contributed by atoms with Gasteiger partial charge >= 0.3 is 0 Å². The van der Waals surface area contributed by atoms with Gasteiger partial charge in [-0.2, -0.15) is 0 Å². The Kier molecular flexibility index (Phi) is 5.57. The minimum absolute atomic E-state index is 0.311. The highest BCUT2D eigenvalue weighted by atomic mass is 19.1. The molecule has 2 heterocycles. The Hall–Kier alpha value is -5.22. The van der Waals surface area contributed by atoms with Crippen molar-refractivity contribution < 1.29 is 8.78 Å². The normalized spacial score (nSPS) is 13.3. The minimum Gasteiger partial charge on any atom is -0.265 e. The van der Waals surface area contributed by atoms with E-state index in [4.69, 9.17) is 0 Å². The van der Waals surface area contributed by atoms with E-state index < -0.39 is 11.6 Å². The molecule has 0 aliphatic heterocycles. The molecule has 0 amide bonds. The summed E-state index contributed by atoms with van der Waals surface area (Å²) < 4.78 is 28.3. The molecule has 0 spiro atoms. The SMILES string of the molecule is CC1(C)c2cc(-c3cc(F)cc(F)c3)cc3ccc4cc(-c5cc(-c6ccncc6)cc(-c6ccncc6)c5)cc1c4c23. The van der Waals surface area contributed by atoms with Crippen molar-refractivity contribution in [2.75, 3.05) is 0 Å². The number of rotatable bonds is 4. The lowest BCUT2D eigenvalue weighted by Gasteiger charge is -2.23. The van der Waals surface area contributed by atoms with Crippen LogP contribution in [0.3, 0.4) is 0 Å². The van der Waals surface area contributed by atoms with Crippen molar-refractivity contribution in [3.05, 3.63) is 145 Å². The maximum absolute atomic E-state index is 14.2. The molecule has 0 unspecified atom stereocenters. The van der Waals surface area contributed by atoms with Gasteiger partial charge < -0.3 is 0 Å². The lowest BCUT2D eigenvalue weighted by atomic mass is 9.80. The smallest absolute Gasteiger partial charge is 0.126 e. The summed E-state index contributed by atoms with van der Waals surface area (Å²) in [5, 5.41) is 4.71. The Bertz CT molecular complexity index is 2140. The molecule has 206 valence electrons. The molecule has 7 aromatic rings. The van der Waals surface area contributed by atoms with Crippen LogP contribution >= 0.6 is 0 Å². The third kappa shape index (κ3) is 4.13. The molecular weight excluding hydrogens is 534 g/mol. The summed E-state index contributed by atoms with van der Waals surface area (Å²) in [6.45, 7) is 4.48. The van der Waals surface area contributed by atoms with Gasteiger partial charge in [0.05, 0.1) is 0 Å². The van der Waals surface area contributed by atoms with Crippen LogP contribution in [0.25, 0.3) is 66.1 Å². The van der Waals surface area contributed by atoms with Crippen molar-refractivity contribution in [2.45, 2.75) is 19.3 Å². The molecule has 43 heavy (non-hydrogen) atoms. The van der Waals surface area contributed by atoms with Crippen LogP contribution in [0.5, 0.6) is 0 Å². The zero-order valence-electron chi connectivity index (χ0n) is 23.7. The van der Waals surface area contributed by atoms with E-state index in [1.165, 1.54) is 39.4 Å². The molecule has 0 saturated heterocycles. The van der Waals surface area contributed by atoms with Crippen LogP contribution in [-0.2, 0) is 5.41 Å². The predicted octanol–water partition coefficient (Wildman–Crippen LogP) is 10.4. The molecule has 4 heteroatoms. The molecule has 0 atom stereocenters. The predicted molar refractivity (Wildman–Crippen MR) is 171 cm³/mol. The largest absolute Gasteiger partial charge is 0.265 e. The second kappa shape index (κ2) is 9.40. The number of hydrogen-bond donors (Lipinski definition) is 0. The van der Waals surface area contributed by atoms with Gasteiger partial charge in [0.15, 0.2) is 0 Å².